The molecule has 0 spiro atoms. The van der Waals surface area contributed by atoms with Crippen LogP contribution in [0.4, 0.5) is 0 Å². The highest BCUT2D eigenvalue weighted by molar-refractivity contribution is 6.05. The molecule has 1 unspecified atom stereocenters. The van der Waals surface area contributed by atoms with E-state index in [2.05, 4.69) is 56.3 Å². The number of hydrogen-bond acceptors (Lipinski definition) is 2. The molecule has 0 aliphatic heterocycles. The average molecular weight is 294 g/mol. The fraction of sp³-hybridized carbons (Fsp3) is 0.300. The van der Waals surface area contributed by atoms with E-state index in [-0.39, 0.29) is 0 Å². The number of aryl methyl sites for hydroxylation is 2. The van der Waals surface area contributed by atoms with E-state index in [1.807, 2.05) is 6.92 Å². The van der Waals surface area contributed by atoms with Gasteiger partial charge >= 0.3 is 0 Å². The monoisotopic (exact) mass is 294 g/mol. The molecule has 3 aromatic carbocycles. The average Bonchev–Trinajstić information content (AvgIpc) is 2.51. The Labute approximate surface area is 131 Å². The molecule has 0 aliphatic rings. The Bertz CT molecular complexity index is 821. The highest BCUT2D eigenvalue weighted by Crippen LogP contribution is 2.36. The second kappa shape index (κ2) is 5.98. The molecule has 0 aliphatic carbocycles. The van der Waals surface area contributed by atoms with Crippen molar-refractivity contribution in [1.82, 2.24) is 0 Å². The maximum atomic E-state index is 9.84. The third-order valence-electron chi connectivity index (χ3n) is 4.11. The van der Waals surface area contributed by atoms with Crippen LogP contribution in [0.25, 0.3) is 21.5 Å². The maximum absolute atomic E-state index is 9.84. The maximum Gasteiger partial charge on any atom is 0.135 e. The number of benzene rings is 3. The van der Waals surface area contributed by atoms with Crippen molar-refractivity contribution in [2.75, 3.05) is 6.61 Å². The first-order valence-corrected chi connectivity index (χ1v) is 7.83. The van der Waals surface area contributed by atoms with Crippen molar-refractivity contribution >= 4 is 21.5 Å². The molecule has 0 radical (unpaired) electrons. The molecule has 114 valence electrons. The predicted molar refractivity (Wildman–Crippen MR) is 92.7 cm³/mol. The minimum absolute atomic E-state index is 0.326. The van der Waals surface area contributed by atoms with Gasteiger partial charge in [0.15, 0.2) is 0 Å². The summed E-state index contributed by atoms with van der Waals surface area (Å²) in [7, 11) is 0. The molecule has 0 aromatic heterocycles. The van der Waals surface area contributed by atoms with Gasteiger partial charge in [0.1, 0.15) is 12.4 Å². The van der Waals surface area contributed by atoms with Gasteiger partial charge in [-0.3, -0.25) is 0 Å². The van der Waals surface area contributed by atoms with E-state index in [1.54, 1.807) is 0 Å². The number of hydrogen-bond donors (Lipinski definition) is 1. The lowest BCUT2D eigenvalue weighted by Crippen LogP contribution is -2.16. The molecule has 0 bridgehead atoms. The van der Waals surface area contributed by atoms with Gasteiger partial charge in [-0.15, -0.1) is 0 Å². The highest BCUT2D eigenvalue weighted by atomic mass is 16.5. The molecule has 3 rings (SSSR count). The summed E-state index contributed by atoms with van der Waals surface area (Å²) in [5, 5.41) is 14.4. The normalized spacial score (nSPS) is 12.7. The summed E-state index contributed by atoms with van der Waals surface area (Å²) in [4.78, 5) is 0. The second-order valence-electron chi connectivity index (χ2n) is 6.03. The van der Waals surface area contributed by atoms with E-state index in [1.165, 1.54) is 21.9 Å². The fourth-order valence-electron chi connectivity index (χ4n) is 2.77. The Morgan fingerprint density at radius 1 is 0.909 bits per heavy atom. The van der Waals surface area contributed by atoms with Crippen molar-refractivity contribution in [2.24, 2.45) is 0 Å². The van der Waals surface area contributed by atoms with Crippen molar-refractivity contribution in [1.29, 1.82) is 0 Å². The van der Waals surface area contributed by atoms with Gasteiger partial charge in [-0.05, 0) is 43.2 Å². The van der Waals surface area contributed by atoms with E-state index in [0.29, 0.717) is 13.0 Å². The second-order valence-corrected chi connectivity index (χ2v) is 6.03. The largest absolute Gasteiger partial charge is 0.490 e. The van der Waals surface area contributed by atoms with E-state index >= 15 is 0 Å². The molecule has 0 amide bonds. The first-order valence-electron chi connectivity index (χ1n) is 7.83. The van der Waals surface area contributed by atoms with E-state index in [0.717, 1.165) is 16.5 Å². The Morgan fingerprint density at radius 2 is 1.64 bits per heavy atom. The number of rotatable bonds is 4. The molecule has 0 saturated carbocycles. The van der Waals surface area contributed by atoms with Gasteiger partial charge < -0.3 is 9.84 Å². The van der Waals surface area contributed by atoms with Crippen LogP contribution >= 0.6 is 0 Å². The number of aliphatic hydroxyl groups excluding tert-OH is 1. The minimum Gasteiger partial charge on any atom is -0.490 e. The smallest absolute Gasteiger partial charge is 0.135 e. The van der Waals surface area contributed by atoms with Gasteiger partial charge in [0.05, 0.1) is 6.10 Å². The van der Waals surface area contributed by atoms with Crippen LogP contribution in [-0.4, -0.2) is 17.8 Å². The van der Waals surface area contributed by atoms with E-state index in [4.69, 9.17) is 4.74 Å². The van der Waals surface area contributed by atoms with Gasteiger partial charge in [-0.25, -0.2) is 0 Å². The van der Waals surface area contributed by atoms with Crippen LogP contribution in [0, 0.1) is 13.8 Å². The molecule has 0 heterocycles. The Hall–Kier alpha value is -2.06. The zero-order chi connectivity index (χ0) is 15.7. The Kier molecular flexibility index (Phi) is 4.04. The molecule has 0 saturated heterocycles. The number of aliphatic hydroxyl groups is 1. The van der Waals surface area contributed by atoms with Crippen LogP contribution in [0.5, 0.6) is 5.75 Å². The van der Waals surface area contributed by atoms with Crippen LogP contribution in [0.3, 0.4) is 0 Å². The van der Waals surface area contributed by atoms with Crippen molar-refractivity contribution in [3.63, 3.8) is 0 Å². The summed E-state index contributed by atoms with van der Waals surface area (Å²) < 4.78 is 6.03. The molecule has 1 N–H and O–H groups in total. The van der Waals surface area contributed by atoms with Crippen LogP contribution in [-0.2, 0) is 0 Å². The molecule has 0 fully saturated rings. The van der Waals surface area contributed by atoms with Crippen LogP contribution in [0.2, 0.25) is 0 Å². The lowest BCUT2D eigenvalue weighted by Gasteiger charge is -2.16. The van der Waals surface area contributed by atoms with Gasteiger partial charge in [-0.1, -0.05) is 48.4 Å². The summed E-state index contributed by atoms with van der Waals surface area (Å²) in [5.41, 5.74) is 2.44. The third kappa shape index (κ3) is 2.79. The van der Waals surface area contributed by atoms with Crippen LogP contribution in [0.1, 0.15) is 24.5 Å². The third-order valence-corrected chi connectivity index (χ3v) is 4.11. The zero-order valence-electron chi connectivity index (χ0n) is 13.4. The van der Waals surface area contributed by atoms with Gasteiger partial charge in [0.25, 0.3) is 0 Å². The fourth-order valence-corrected chi connectivity index (χ4v) is 2.77. The van der Waals surface area contributed by atoms with E-state index < -0.39 is 6.10 Å². The predicted octanol–water partition coefficient (Wildman–Crippen LogP) is 4.76. The SMILES string of the molecule is CCC(O)COc1c2ccc(C)cc2cc2ccc(C)cc12. The quantitative estimate of drug-likeness (QED) is 0.703. The molecule has 2 nitrogen and oxygen atoms in total. The van der Waals surface area contributed by atoms with Gasteiger partial charge in [-0.2, -0.15) is 0 Å². The van der Waals surface area contributed by atoms with Crippen LogP contribution in [0.15, 0.2) is 42.5 Å². The van der Waals surface area contributed by atoms with Crippen molar-refractivity contribution in [3.8, 4) is 5.75 Å². The summed E-state index contributed by atoms with van der Waals surface area (Å²) in [6, 6.07) is 15.0. The lowest BCUT2D eigenvalue weighted by molar-refractivity contribution is 0.106. The molecule has 1 atom stereocenters. The Morgan fingerprint density at radius 3 is 2.41 bits per heavy atom. The highest BCUT2D eigenvalue weighted by Gasteiger charge is 2.11. The summed E-state index contributed by atoms with van der Waals surface area (Å²) in [6.07, 6.45) is 0.265. The standard InChI is InChI=1S/C20H22O2/c1-4-17(21)12-22-20-18-8-6-13(2)9-16(18)11-15-7-5-14(3)10-19(15)20/h5-11,17,21H,4,12H2,1-3H3. The van der Waals surface area contributed by atoms with Crippen molar-refractivity contribution in [3.05, 3.63) is 53.6 Å². The molecule has 22 heavy (non-hydrogen) atoms. The van der Waals surface area contributed by atoms with Crippen molar-refractivity contribution < 1.29 is 9.84 Å². The minimum atomic E-state index is -0.430. The summed E-state index contributed by atoms with van der Waals surface area (Å²) in [5.74, 6) is 0.878. The van der Waals surface area contributed by atoms with Gasteiger partial charge in [0, 0.05) is 10.8 Å². The molecular formula is C20H22O2. The Balaban J connectivity index is 2.23. The van der Waals surface area contributed by atoms with E-state index in [9.17, 15) is 5.11 Å². The summed E-state index contributed by atoms with van der Waals surface area (Å²) in [6.45, 7) is 6.47. The lowest BCUT2D eigenvalue weighted by atomic mass is 9.99. The van der Waals surface area contributed by atoms with Gasteiger partial charge in [0.2, 0.25) is 0 Å². The van der Waals surface area contributed by atoms with Crippen LogP contribution < -0.4 is 4.74 Å². The van der Waals surface area contributed by atoms with Crippen molar-refractivity contribution in [2.45, 2.75) is 33.3 Å². The zero-order valence-corrected chi connectivity index (χ0v) is 13.4. The molecule has 2 heteroatoms. The number of fused-ring (bicyclic) bond motifs is 2. The topological polar surface area (TPSA) is 29.5 Å². The first-order chi connectivity index (χ1) is 10.6. The first kappa shape index (κ1) is 14.9. The molecular weight excluding hydrogens is 272 g/mol. The number of ether oxygens (including phenoxy) is 1. The molecule has 3 aromatic rings. The summed E-state index contributed by atoms with van der Waals surface area (Å²) >= 11 is 0.